The fourth-order valence-corrected chi connectivity index (χ4v) is 17.4. The van der Waals surface area contributed by atoms with Crippen LogP contribution in [0, 0.1) is 69.2 Å². The summed E-state index contributed by atoms with van der Waals surface area (Å²) in [4.78, 5) is 95.4. The lowest BCUT2D eigenvalue weighted by atomic mass is 9.96. The third kappa shape index (κ3) is 50.4. The summed E-state index contributed by atoms with van der Waals surface area (Å²) in [6.07, 6.45) is 66.7. The number of aliphatic imine (C=N–C) groups is 11. The molecule has 123 heavy (non-hydrogen) atoms. The number of H-pyrrole nitrogens is 5. The molecule has 5 N–H and O–H groups in total. The lowest BCUT2D eigenvalue weighted by Crippen LogP contribution is -2.09. The Balaban J connectivity index is 0.000000204. The zero-order chi connectivity index (χ0) is 87.0. The van der Waals surface area contributed by atoms with Crippen LogP contribution in [0.5, 0.6) is 0 Å². The van der Waals surface area contributed by atoms with Crippen molar-refractivity contribution in [2.45, 2.75) is 236 Å². The van der Waals surface area contributed by atoms with Crippen molar-refractivity contribution in [2.75, 3.05) is 65.4 Å². The van der Waals surface area contributed by atoms with E-state index in [0.29, 0.717) is 20.1 Å². The fraction of sp³-hybridized carbons (Fsp3) is 0.500. The van der Waals surface area contributed by atoms with Gasteiger partial charge in [-0.2, -0.15) is 5.10 Å². The molecule has 1 saturated carbocycles. The van der Waals surface area contributed by atoms with Crippen LogP contribution in [0.15, 0.2) is 141 Å². The van der Waals surface area contributed by atoms with Gasteiger partial charge in [0.15, 0.2) is 5.82 Å². The minimum absolute atomic E-state index is 0.581. The van der Waals surface area contributed by atoms with Gasteiger partial charge in [-0.15, -0.1) is 49.2 Å². The summed E-state index contributed by atoms with van der Waals surface area (Å²) in [7, 11) is 4.41. The van der Waals surface area contributed by atoms with Crippen molar-refractivity contribution in [3.8, 4) is 0 Å². The van der Waals surface area contributed by atoms with Gasteiger partial charge < -0.3 is 19.9 Å². The Hall–Kier alpha value is -9.18. The molecule has 11 aromatic heterocycles. The van der Waals surface area contributed by atoms with Gasteiger partial charge in [0.25, 0.3) is 0 Å². The molecule has 12 rings (SSSR count). The van der Waals surface area contributed by atoms with Gasteiger partial charge in [-0.1, -0.05) is 89.5 Å². The van der Waals surface area contributed by atoms with Gasteiger partial charge >= 0.3 is 0 Å². The molecular formula is C92H137N25P6. The molecular weight excluding hydrogens is 1640 g/mol. The van der Waals surface area contributed by atoms with E-state index in [0.717, 1.165) is 215 Å². The Morgan fingerprint density at radius 2 is 0.715 bits per heavy atom. The van der Waals surface area contributed by atoms with Gasteiger partial charge in [-0.25, -0.2) is 15.0 Å². The number of aromatic amines is 5. The maximum Gasteiger partial charge on any atom is 0.191 e. The molecule has 0 amide bonds. The molecule has 11 heterocycles. The van der Waals surface area contributed by atoms with E-state index in [9.17, 15) is 0 Å². The van der Waals surface area contributed by atoms with Gasteiger partial charge in [0.05, 0.1) is 87.0 Å². The van der Waals surface area contributed by atoms with E-state index in [2.05, 4.69) is 198 Å². The predicted octanol–water partition coefficient (Wildman–Crippen LogP) is 21.8. The minimum Gasteiger partial charge on any atom is -0.360 e. The third-order valence-electron chi connectivity index (χ3n) is 18.9. The molecule has 660 valence electrons. The minimum atomic E-state index is 0.581. The predicted molar refractivity (Wildman–Crippen MR) is 539 cm³/mol. The number of aromatic nitrogens is 14. The third-order valence-corrected chi connectivity index (χ3v) is 25.2. The number of hydrogen-bond acceptors (Lipinski definition) is 20. The molecule has 1 aliphatic rings. The van der Waals surface area contributed by atoms with Crippen LogP contribution in [0.2, 0.25) is 0 Å². The van der Waals surface area contributed by atoms with Crippen LogP contribution >= 0.6 is 49.2 Å². The standard InChI is InChI=1S/C18H26N3P.C16H24N6.2C16H24N4P2.C15H23N6P.C11H16N2/c1-15-7-9-17(21-15)13-19-11-5-3-4-6-12-20-14-18-10-8-16(2)22-18;2*1-13-19-11-15(21-13)9-17-7-5-3-4-6-8-18-10-16-12-20-14(2)22-16;1-13-9-19-15(21-13)11-17-7-5-3-4-6-8-18-12-16-20-10-14(2)22-16;1-12-19-15(21-20-12)11-17-8-6-4-3-5-7-16-9-14-10-18-13(2)22-14;1-2-5-10(6-3-1)13-9-11-7-4-8-12-11/h7-10,13-14,21-22H,3-6,11-12H2,1-2H3;9-12H,3-8H2,1-2H3,(H,19,21)(H,20,22);2*9-12,21-22H,3-8H2,1-2H3;9-11,22H,3-8H2,1-2H3,(H,19,20,21);4,7-10,12H,1-3,5-6H2. The largest absolute Gasteiger partial charge is 0.360 e. The summed E-state index contributed by atoms with van der Waals surface area (Å²) in [6.45, 7) is 29.4. The van der Waals surface area contributed by atoms with Crippen LogP contribution in [-0.4, -0.2) is 210 Å². The Morgan fingerprint density at radius 1 is 0.317 bits per heavy atom. The average Bonchev–Trinajstić information content (AvgIpc) is 1.58. The first-order chi connectivity index (χ1) is 60.1. The molecule has 0 aliphatic heterocycles. The van der Waals surface area contributed by atoms with Gasteiger partial charge in [0.2, 0.25) is 0 Å². The second kappa shape index (κ2) is 64.6. The first-order valence-corrected chi connectivity index (χ1v) is 50.1. The molecule has 6 unspecified atom stereocenters. The van der Waals surface area contributed by atoms with Gasteiger partial charge in [0, 0.05) is 179 Å². The van der Waals surface area contributed by atoms with Crippen LogP contribution < -0.4 is 0 Å². The summed E-state index contributed by atoms with van der Waals surface area (Å²) in [5.41, 5.74) is 11.2. The summed E-state index contributed by atoms with van der Waals surface area (Å²) in [5.74, 6) is 3.32. The van der Waals surface area contributed by atoms with Crippen molar-refractivity contribution in [1.29, 1.82) is 0 Å². The van der Waals surface area contributed by atoms with Gasteiger partial charge in [0.1, 0.15) is 17.5 Å². The van der Waals surface area contributed by atoms with Crippen LogP contribution in [-0.2, 0) is 0 Å². The van der Waals surface area contributed by atoms with E-state index in [1.807, 2.05) is 132 Å². The van der Waals surface area contributed by atoms with E-state index in [4.69, 9.17) is 0 Å². The monoisotopic (exact) mass is 1780 g/mol. The quantitative estimate of drug-likeness (QED) is 0.0178. The fourth-order valence-electron chi connectivity index (χ4n) is 12.4. The highest BCUT2D eigenvalue weighted by molar-refractivity contribution is 7.34. The number of nitrogens with one attached hydrogen (secondary N) is 5. The molecule has 0 spiro atoms. The highest BCUT2D eigenvalue weighted by Crippen LogP contribution is 2.23. The zero-order valence-electron chi connectivity index (χ0n) is 74.7. The van der Waals surface area contributed by atoms with E-state index in [-0.39, 0.29) is 0 Å². The van der Waals surface area contributed by atoms with Crippen molar-refractivity contribution in [3.05, 3.63) is 202 Å². The van der Waals surface area contributed by atoms with Crippen molar-refractivity contribution >= 4 is 118 Å². The summed E-state index contributed by atoms with van der Waals surface area (Å²) in [5, 5.41) is 16.1. The number of rotatable bonds is 47. The molecule has 1 fully saturated rings. The Kier molecular flexibility index (Phi) is 53.0. The van der Waals surface area contributed by atoms with E-state index >= 15 is 0 Å². The zero-order valence-corrected chi connectivity index (χ0v) is 80.7. The number of imidazole rings is 2. The highest BCUT2D eigenvalue weighted by atomic mass is 31.1. The second-order valence-electron chi connectivity index (χ2n) is 30.6. The van der Waals surface area contributed by atoms with Crippen LogP contribution in [0.1, 0.15) is 276 Å². The lowest BCUT2D eigenvalue weighted by Gasteiger charge is -2.16. The van der Waals surface area contributed by atoms with E-state index in [1.165, 1.54) is 162 Å². The molecule has 31 heteroatoms. The van der Waals surface area contributed by atoms with Gasteiger partial charge in [-0.3, -0.25) is 84.9 Å². The Morgan fingerprint density at radius 3 is 1.04 bits per heavy atom. The van der Waals surface area contributed by atoms with E-state index in [1.54, 1.807) is 18.6 Å². The number of aryl methyl sites for hydroxylation is 10. The maximum absolute atomic E-state index is 4.57. The second-order valence-corrected chi connectivity index (χ2v) is 40.0. The number of hydrogen-bond donors (Lipinski definition) is 5. The molecule has 11 aromatic rings. The average molecular weight is 1780 g/mol. The summed E-state index contributed by atoms with van der Waals surface area (Å²) in [6, 6.07) is 13.1. The van der Waals surface area contributed by atoms with Crippen molar-refractivity contribution in [3.63, 3.8) is 0 Å². The highest BCUT2D eigenvalue weighted by Gasteiger charge is 2.11. The van der Waals surface area contributed by atoms with E-state index < -0.39 is 0 Å². The van der Waals surface area contributed by atoms with Crippen molar-refractivity contribution in [1.82, 2.24) is 70.0 Å². The van der Waals surface area contributed by atoms with Gasteiger partial charge in [-0.05, 0) is 193 Å². The maximum atomic E-state index is 4.57. The molecule has 1 aliphatic carbocycles. The van der Waals surface area contributed by atoms with Crippen LogP contribution in [0.4, 0.5) is 0 Å². The van der Waals surface area contributed by atoms with Crippen LogP contribution in [0.25, 0.3) is 0 Å². The topological polar surface area (TPSA) is 331 Å². The van der Waals surface area contributed by atoms with Crippen molar-refractivity contribution in [2.24, 2.45) is 54.9 Å². The summed E-state index contributed by atoms with van der Waals surface area (Å²) >= 11 is 0. The Labute approximate surface area is 741 Å². The van der Waals surface area contributed by atoms with Crippen LogP contribution in [0.3, 0.4) is 0 Å². The molecule has 0 aromatic carbocycles. The molecule has 0 saturated heterocycles. The van der Waals surface area contributed by atoms with Crippen molar-refractivity contribution < 1.29 is 0 Å². The number of unbranched alkanes of at least 4 members (excludes halogenated alkanes) is 15. The number of nitrogens with zero attached hydrogens (tertiary/aromatic N) is 20. The molecule has 0 bridgehead atoms. The molecule has 6 atom stereocenters. The first kappa shape index (κ1) is 101. The normalized spacial score (nSPS) is 13.1. The summed E-state index contributed by atoms with van der Waals surface area (Å²) < 4.78 is 0. The molecule has 0 radical (unpaired) electrons. The smallest absolute Gasteiger partial charge is 0.191 e. The lowest BCUT2D eigenvalue weighted by molar-refractivity contribution is 0.444. The SMILES string of the molecule is C(=NC1CCCCC1)c1ccc[nH]1.Cc1ccc(C=NCCCCCCN=Cc2ccc(C)[pH]2)[nH]1.Cc1cnc(C=NCCCCCCN=Cc2ncc(C)[pH]2)[pH]1.Cc1nc(C=NCCCCCCN=Cc2cnc(C)[pH]2)n[nH]1.Cc1ncc(C=NCCCCCCN=Cc2cnc(C)[nH]2)[nH]1.Cc1ncc(C=NCCCCCCN=Cc2cnc(C)[pH]2)[pH]1. The Bertz CT molecular complexity index is 3950. The molecule has 25 nitrogen and oxygen atoms in total. The first-order valence-electron chi connectivity index (χ1n) is 44.1.